The molecule has 0 rings (SSSR count). The summed E-state index contributed by atoms with van der Waals surface area (Å²) in [5.74, 6) is -10.5. The van der Waals surface area contributed by atoms with Gasteiger partial charge in [0.05, 0.1) is 25.4 Å². The molecule has 0 aliphatic rings. The van der Waals surface area contributed by atoms with E-state index in [2.05, 4.69) is 16.0 Å². The van der Waals surface area contributed by atoms with E-state index in [1.807, 2.05) is 5.32 Å². The fraction of sp³-hybridized carbons (Fsp3) is 0.550. The highest BCUT2D eigenvalue weighted by Crippen LogP contribution is 2.03. The second kappa shape index (κ2) is 16.8. The smallest absolute Gasteiger partial charge is 0.305 e. The molecule has 39 heavy (non-hydrogen) atoms. The van der Waals surface area contributed by atoms with E-state index in [-0.39, 0.29) is 6.42 Å². The van der Waals surface area contributed by atoms with Gasteiger partial charge in [-0.2, -0.15) is 0 Å². The Balaban J connectivity index is 5.44. The van der Waals surface area contributed by atoms with Gasteiger partial charge in [0.15, 0.2) is 0 Å². The van der Waals surface area contributed by atoms with Gasteiger partial charge in [0.1, 0.15) is 18.1 Å². The molecule has 0 saturated heterocycles. The Labute approximate surface area is 220 Å². The van der Waals surface area contributed by atoms with Crippen molar-refractivity contribution >= 4 is 53.4 Å². The molecule has 0 radical (unpaired) electrons. The molecule has 0 aliphatic heterocycles. The molecule has 0 aliphatic carbocycles. The van der Waals surface area contributed by atoms with Crippen LogP contribution in [0, 0.1) is 0 Å². The Kier molecular flexibility index (Phi) is 14.8. The normalized spacial score (nSPS) is 13.5. The minimum absolute atomic E-state index is 0.305. The molecule has 0 aromatic heterocycles. The minimum Gasteiger partial charge on any atom is -0.481 e. The van der Waals surface area contributed by atoms with Crippen molar-refractivity contribution < 1.29 is 58.5 Å². The number of hydrogen-bond donors (Lipinski definition) is 10. The third-order valence-electron chi connectivity index (χ3n) is 4.80. The molecule has 13 N–H and O–H groups in total. The van der Waals surface area contributed by atoms with Crippen LogP contribution in [0.3, 0.4) is 0 Å². The maximum absolute atomic E-state index is 12.7. The van der Waals surface area contributed by atoms with Gasteiger partial charge in [0.2, 0.25) is 35.4 Å². The van der Waals surface area contributed by atoms with Crippen LogP contribution in [-0.2, 0) is 43.2 Å². The molecular weight excluding hydrogens is 530 g/mol. The third kappa shape index (κ3) is 15.1. The lowest BCUT2D eigenvalue weighted by molar-refractivity contribution is -0.140. The zero-order valence-electron chi connectivity index (χ0n) is 20.5. The van der Waals surface area contributed by atoms with Crippen molar-refractivity contribution in [2.75, 3.05) is 6.54 Å². The van der Waals surface area contributed by atoms with Crippen LogP contribution in [0.5, 0.6) is 0 Å². The molecule has 0 saturated carbocycles. The van der Waals surface area contributed by atoms with Gasteiger partial charge in [-0.25, -0.2) is 0 Å². The Hall–Kier alpha value is -4.81. The average molecular weight is 562 g/mol. The predicted molar refractivity (Wildman–Crippen MR) is 126 cm³/mol. The Morgan fingerprint density at radius 1 is 0.615 bits per heavy atom. The second-order valence-electron chi connectivity index (χ2n) is 8.10. The number of primary amides is 2. The first kappa shape index (κ1) is 34.2. The van der Waals surface area contributed by atoms with Crippen molar-refractivity contribution in [3.05, 3.63) is 0 Å². The summed E-state index contributed by atoms with van der Waals surface area (Å²) >= 11 is 0. The van der Waals surface area contributed by atoms with E-state index in [9.17, 15) is 43.2 Å². The van der Waals surface area contributed by atoms with E-state index in [1.54, 1.807) is 0 Å². The van der Waals surface area contributed by atoms with Crippen molar-refractivity contribution in [1.29, 1.82) is 0 Å². The molecular formula is C20H31N7O12. The lowest BCUT2D eigenvalue weighted by Crippen LogP contribution is -2.57. The fourth-order valence-electron chi connectivity index (χ4n) is 2.84. The molecule has 0 aromatic rings. The van der Waals surface area contributed by atoms with Crippen molar-refractivity contribution in [1.82, 2.24) is 21.3 Å². The van der Waals surface area contributed by atoms with E-state index in [0.717, 1.165) is 0 Å². The number of hydrogen-bond acceptors (Lipinski definition) is 10. The summed E-state index contributed by atoms with van der Waals surface area (Å²) in [5.41, 5.74) is 15.7. The minimum atomic E-state index is -1.68. The van der Waals surface area contributed by atoms with Crippen LogP contribution >= 0.6 is 0 Å². The average Bonchev–Trinajstić information content (AvgIpc) is 2.81. The van der Waals surface area contributed by atoms with Crippen LogP contribution < -0.4 is 38.5 Å². The zero-order chi connectivity index (χ0) is 30.3. The molecule has 4 atom stereocenters. The SMILES string of the molecule is NC(=O)C[C@H](NC(=O)[C@@H](N)CCC(=O)O)C(=O)N[C@@H](CCC(=O)O)C(=O)NCC(=O)N[C@@H](CC(=O)O)C(N)=O. The standard InChI is InChI=1S/C20H31N7O12/c21-8(1-3-14(30)31)18(37)27-11(5-12(22)28)20(39)26-9(2-4-15(32)33)19(38)24-7-13(29)25-10(17(23)36)6-16(34)35/h8-11H,1-7,21H2,(H2,22,28)(H2,23,36)(H,24,38)(H,25,29)(H,26,39)(H,27,37)(H,30,31)(H,32,33)(H,34,35)/t8-,9-,10-,11-/m0/s1. The number of rotatable bonds is 19. The van der Waals surface area contributed by atoms with E-state index >= 15 is 0 Å². The highest BCUT2D eigenvalue weighted by molar-refractivity contribution is 5.96. The van der Waals surface area contributed by atoms with E-state index in [4.69, 9.17) is 32.5 Å². The molecule has 6 amide bonds. The first-order valence-corrected chi connectivity index (χ1v) is 11.2. The zero-order valence-corrected chi connectivity index (χ0v) is 20.5. The molecule has 0 aromatic carbocycles. The van der Waals surface area contributed by atoms with E-state index in [1.165, 1.54) is 0 Å². The van der Waals surface area contributed by atoms with Crippen LogP contribution in [0.25, 0.3) is 0 Å². The summed E-state index contributed by atoms with van der Waals surface area (Å²) in [6.45, 7) is -0.832. The molecule has 0 fully saturated rings. The largest absolute Gasteiger partial charge is 0.481 e. The summed E-state index contributed by atoms with van der Waals surface area (Å²) < 4.78 is 0. The Morgan fingerprint density at radius 2 is 1.15 bits per heavy atom. The summed E-state index contributed by atoms with van der Waals surface area (Å²) in [5, 5.41) is 34.7. The number of amides is 6. The summed E-state index contributed by atoms with van der Waals surface area (Å²) in [6, 6.07) is -6.25. The van der Waals surface area contributed by atoms with Gasteiger partial charge in [-0.1, -0.05) is 0 Å². The maximum Gasteiger partial charge on any atom is 0.305 e. The molecule has 218 valence electrons. The van der Waals surface area contributed by atoms with Crippen LogP contribution in [0.1, 0.15) is 38.5 Å². The van der Waals surface area contributed by atoms with Crippen LogP contribution in [-0.4, -0.2) is 99.4 Å². The quantitative estimate of drug-likeness (QED) is 0.0704. The highest BCUT2D eigenvalue weighted by Gasteiger charge is 2.30. The number of nitrogens with two attached hydrogens (primary N) is 3. The van der Waals surface area contributed by atoms with Gasteiger partial charge >= 0.3 is 17.9 Å². The van der Waals surface area contributed by atoms with Crippen molar-refractivity contribution in [3.63, 3.8) is 0 Å². The molecule has 0 unspecified atom stereocenters. The first-order chi connectivity index (χ1) is 18.0. The predicted octanol–water partition coefficient (Wildman–Crippen LogP) is -5.55. The lowest BCUT2D eigenvalue weighted by Gasteiger charge is -2.23. The Bertz CT molecular complexity index is 986. The molecule has 19 heteroatoms. The van der Waals surface area contributed by atoms with Gasteiger partial charge in [0.25, 0.3) is 0 Å². The van der Waals surface area contributed by atoms with Gasteiger partial charge in [-0.05, 0) is 12.8 Å². The lowest BCUT2D eigenvalue weighted by atomic mass is 10.1. The van der Waals surface area contributed by atoms with Crippen molar-refractivity contribution in [3.8, 4) is 0 Å². The summed E-state index contributed by atoms with van der Waals surface area (Å²) in [4.78, 5) is 105. The van der Waals surface area contributed by atoms with Gasteiger partial charge in [-0.15, -0.1) is 0 Å². The van der Waals surface area contributed by atoms with Crippen molar-refractivity contribution in [2.24, 2.45) is 17.2 Å². The molecule has 0 bridgehead atoms. The highest BCUT2D eigenvalue weighted by atomic mass is 16.4. The monoisotopic (exact) mass is 561 g/mol. The number of carboxylic acids is 3. The van der Waals surface area contributed by atoms with Crippen LogP contribution in [0.2, 0.25) is 0 Å². The van der Waals surface area contributed by atoms with E-state index < -0.39 is 116 Å². The maximum atomic E-state index is 12.7. The number of nitrogens with one attached hydrogen (secondary N) is 4. The summed E-state index contributed by atoms with van der Waals surface area (Å²) in [7, 11) is 0. The first-order valence-electron chi connectivity index (χ1n) is 11.2. The van der Waals surface area contributed by atoms with E-state index in [0.29, 0.717) is 0 Å². The van der Waals surface area contributed by atoms with Crippen LogP contribution in [0.4, 0.5) is 0 Å². The van der Waals surface area contributed by atoms with Crippen molar-refractivity contribution in [2.45, 2.75) is 62.7 Å². The van der Waals surface area contributed by atoms with Crippen LogP contribution in [0.15, 0.2) is 0 Å². The molecule has 19 nitrogen and oxygen atoms in total. The number of aliphatic carboxylic acids is 3. The molecule has 0 spiro atoms. The topological polar surface area (TPSA) is 340 Å². The number of carboxylic acid groups (broad SMARTS) is 3. The fourth-order valence-corrected chi connectivity index (χ4v) is 2.84. The number of carbonyl (C=O) groups is 9. The third-order valence-corrected chi connectivity index (χ3v) is 4.80. The second-order valence-corrected chi connectivity index (χ2v) is 8.10. The van der Waals surface area contributed by atoms with Gasteiger partial charge in [-0.3, -0.25) is 43.2 Å². The van der Waals surface area contributed by atoms with Gasteiger partial charge in [0, 0.05) is 12.8 Å². The number of carbonyl (C=O) groups excluding carboxylic acids is 6. The summed E-state index contributed by atoms with van der Waals surface area (Å²) in [6.07, 6.45) is -3.52. The Morgan fingerprint density at radius 3 is 1.64 bits per heavy atom. The van der Waals surface area contributed by atoms with Gasteiger partial charge < -0.3 is 53.8 Å². The molecule has 0 heterocycles.